The van der Waals surface area contributed by atoms with Crippen molar-refractivity contribution < 1.29 is 4.74 Å². The zero-order valence-electron chi connectivity index (χ0n) is 8.37. The maximum atomic E-state index is 11.6. The summed E-state index contributed by atoms with van der Waals surface area (Å²) in [4.78, 5) is 11.6. The van der Waals surface area contributed by atoms with Crippen molar-refractivity contribution in [2.45, 2.75) is 19.9 Å². The number of alkyl halides is 1. The lowest BCUT2D eigenvalue weighted by molar-refractivity contribution is 0.337. The number of aromatic nitrogens is 2. The van der Waals surface area contributed by atoms with Crippen LogP contribution in [0.2, 0.25) is 5.02 Å². The van der Waals surface area contributed by atoms with Gasteiger partial charge in [0.25, 0.3) is 5.56 Å². The third-order valence-corrected chi connectivity index (χ3v) is 2.23. The summed E-state index contributed by atoms with van der Waals surface area (Å²) in [6.45, 7) is 2.81. The lowest BCUT2D eigenvalue weighted by Crippen LogP contribution is -2.23. The summed E-state index contributed by atoms with van der Waals surface area (Å²) in [5, 5.41) is 3.99. The molecule has 0 unspecified atom stereocenters. The Morgan fingerprint density at radius 2 is 2.33 bits per heavy atom. The fraction of sp³-hybridized carbons (Fsp3) is 0.556. The van der Waals surface area contributed by atoms with E-state index in [9.17, 15) is 4.79 Å². The van der Waals surface area contributed by atoms with Gasteiger partial charge in [-0.15, -0.1) is 11.6 Å². The number of aryl methyl sites for hydroxylation is 1. The predicted octanol–water partition coefficient (Wildman–Crippen LogP) is 1.92. The summed E-state index contributed by atoms with van der Waals surface area (Å²) < 4.78 is 6.48. The van der Waals surface area contributed by atoms with Crippen LogP contribution in [0.5, 0.6) is 5.75 Å². The quantitative estimate of drug-likeness (QED) is 0.751. The topological polar surface area (TPSA) is 44.1 Å². The van der Waals surface area contributed by atoms with Crippen LogP contribution in [-0.2, 0) is 6.54 Å². The van der Waals surface area contributed by atoms with Crippen LogP contribution >= 0.6 is 23.2 Å². The molecule has 0 radical (unpaired) electrons. The van der Waals surface area contributed by atoms with Gasteiger partial charge >= 0.3 is 0 Å². The van der Waals surface area contributed by atoms with Crippen LogP contribution in [0.25, 0.3) is 0 Å². The van der Waals surface area contributed by atoms with Gasteiger partial charge in [0.05, 0.1) is 12.1 Å². The second kappa shape index (κ2) is 5.98. The highest BCUT2D eigenvalue weighted by Gasteiger charge is 2.09. The van der Waals surface area contributed by atoms with Crippen LogP contribution in [-0.4, -0.2) is 22.3 Å². The molecule has 4 nitrogen and oxygen atoms in total. The Labute approximate surface area is 97.8 Å². The number of halogens is 2. The first-order chi connectivity index (χ1) is 7.20. The molecule has 0 saturated carbocycles. The lowest BCUT2D eigenvalue weighted by Gasteiger charge is -2.07. The number of hydrogen-bond donors (Lipinski definition) is 0. The number of ether oxygens (including phenoxy) is 1. The third-order valence-electron chi connectivity index (χ3n) is 1.72. The SMILES string of the molecule is CCCn1ncc(OCCCl)c(Cl)c1=O. The van der Waals surface area contributed by atoms with Crippen molar-refractivity contribution >= 4 is 23.2 Å². The molecular formula is C9H12Cl2N2O2. The zero-order valence-corrected chi connectivity index (χ0v) is 9.88. The average Bonchev–Trinajstić information content (AvgIpc) is 2.24. The highest BCUT2D eigenvalue weighted by atomic mass is 35.5. The Kier molecular flexibility index (Phi) is 4.91. The Morgan fingerprint density at radius 1 is 1.60 bits per heavy atom. The van der Waals surface area contributed by atoms with E-state index in [4.69, 9.17) is 27.9 Å². The molecule has 84 valence electrons. The van der Waals surface area contributed by atoms with Crippen LogP contribution in [0, 0.1) is 0 Å². The average molecular weight is 251 g/mol. The van der Waals surface area contributed by atoms with Crippen molar-refractivity contribution in [2.75, 3.05) is 12.5 Å². The molecule has 0 saturated heterocycles. The van der Waals surface area contributed by atoms with Gasteiger partial charge in [0.2, 0.25) is 0 Å². The van der Waals surface area contributed by atoms with Gasteiger partial charge in [0.15, 0.2) is 10.8 Å². The molecule has 15 heavy (non-hydrogen) atoms. The van der Waals surface area contributed by atoms with E-state index in [1.807, 2.05) is 6.92 Å². The first-order valence-corrected chi connectivity index (χ1v) is 5.56. The number of hydrogen-bond acceptors (Lipinski definition) is 3. The van der Waals surface area contributed by atoms with Crippen LogP contribution in [0.4, 0.5) is 0 Å². The van der Waals surface area contributed by atoms with E-state index in [0.717, 1.165) is 6.42 Å². The Balaban J connectivity index is 2.94. The minimum absolute atomic E-state index is 0.0589. The van der Waals surface area contributed by atoms with E-state index in [1.54, 1.807) is 0 Å². The van der Waals surface area contributed by atoms with Crippen molar-refractivity contribution in [2.24, 2.45) is 0 Å². The zero-order chi connectivity index (χ0) is 11.3. The summed E-state index contributed by atoms with van der Waals surface area (Å²) in [5.74, 6) is 0.628. The first kappa shape index (κ1) is 12.3. The standard InChI is InChI=1S/C9H12Cl2N2O2/c1-2-4-13-9(14)8(11)7(6-12-13)15-5-3-10/h6H,2-5H2,1H3. The molecule has 0 aliphatic carbocycles. The van der Waals surface area contributed by atoms with Gasteiger partial charge in [-0.1, -0.05) is 18.5 Å². The van der Waals surface area contributed by atoms with Crippen LogP contribution in [0.1, 0.15) is 13.3 Å². The summed E-state index contributed by atoms with van der Waals surface area (Å²) in [5.41, 5.74) is -0.328. The van der Waals surface area contributed by atoms with E-state index in [1.165, 1.54) is 10.9 Å². The van der Waals surface area contributed by atoms with Gasteiger partial charge in [-0.3, -0.25) is 4.79 Å². The van der Waals surface area contributed by atoms with Crippen LogP contribution < -0.4 is 10.3 Å². The number of nitrogens with zero attached hydrogens (tertiary/aromatic N) is 2. The summed E-state index contributed by atoms with van der Waals surface area (Å²) in [6.07, 6.45) is 2.26. The van der Waals surface area contributed by atoms with E-state index in [0.29, 0.717) is 19.0 Å². The molecule has 0 spiro atoms. The second-order valence-electron chi connectivity index (χ2n) is 2.89. The molecule has 1 rings (SSSR count). The smallest absolute Gasteiger partial charge is 0.289 e. The fourth-order valence-corrected chi connectivity index (χ4v) is 1.35. The molecule has 6 heteroatoms. The molecule has 0 amide bonds. The van der Waals surface area contributed by atoms with Crippen molar-refractivity contribution in [1.29, 1.82) is 0 Å². The van der Waals surface area contributed by atoms with Gasteiger partial charge in [-0.25, -0.2) is 4.68 Å². The molecule has 0 bridgehead atoms. The lowest BCUT2D eigenvalue weighted by atomic mass is 10.4. The summed E-state index contributed by atoms with van der Waals surface area (Å²) in [7, 11) is 0. The maximum absolute atomic E-state index is 11.6. The van der Waals surface area contributed by atoms with E-state index in [-0.39, 0.29) is 16.3 Å². The minimum Gasteiger partial charge on any atom is -0.489 e. The normalized spacial score (nSPS) is 10.3. The Morgan fingerprint density at radius 3 is 2.93 bits per heavy atom. The molecule has 1 aromatic heterocycles. The monoisotopic (exact) mass is 250 g/mol. The largest absolute Gasteiger partial charge is 0.489 e. The van der Waals surface area contributed by atoms with Gasteiger partial charge in [0, 0.05) is 6.54 Å². The van der Waals surface area contributed by atoms with E-state index >= 15 is 0 Å². The summed E-state index contributed by atoms with van der Waals surface area (Å²) in [6, 6.07) is 0. The van der Waals surface area contributed by atoms with Crippen LogP contribution in [0.3, 0.4) is 0 Å². The third kappa shape index (κ3) is 3.11. The molecule has 0 aromatic carbocycles. The van der Waals surface area contributed by atoms with Crippen molar-refractivity contribution in [3.8, 4) is 5.75 Å². The maximum Gasteiger partial charge on any atom is 0.289 e. The molecule has 1 aromatic rings. The highest BCUT2D eigenvalue weighted by molar-refractivity contribution is 6.31. The van der Waals surface area contributed by atoms with Crippen molar-refractivity contribution in [3.63, 3.8) is 0 Å². The van der Waals surface area contributed by atoms with E-state index < -0.39 is 0 Å². The fourth-order valence-electron chi connectivity index (χ4n) is 1.07. The molecule has 0 fully saturated rings. The molecule has 0 atom stereocenters. The Hall–Kier alpha value is -0.740. The molecule has 1 heterocycles. The number of rotatable bonds is 5. The van der Waals surface area contributed by atoms with Gasteiger partial charge in [-0.05, 0) is 6.42 Å². The molecule has 0 N–H and O–H groups in total. The predicted molar refractivity (Wildman–Crippen MR) is 60.0 cm³/mol. The van der Waals surface area contributed by atoms with Crippen molar-refractivity contribution in [1.82, 2.24) is 9.78 Å². The van der Waals surface area contributed by atoms with E-state index in [2.05, 4.69) is 5.10 Å². The first-order valence-electron chi connectivity index (χ1n) is 4.65. The Bertz CT molecular complexity index is 379. The summed E-state index contributed by atoms with van der Waals surface area (Å²) >= 11 is 11.3. The van der Waals surface area contributed by atoms with Gasteiger partial charge < -0.3 is 4.74 Å². The minimum atomic E-state index is -0.328. The molecular weight excluding hydrogens is 239 g/mol. The van der Waals surface area contributed by atoms with Gasteiger partial charge in [0.1, 0.15) is 6.61 Å². The van der Waals surface area contributed by atoms with Gasteiger partial charge in [-0.2, -0.15) is 5.10 Å². The van der Waals surface area contributed by atoms with Crippen LogP contribution in [0.15, 0.2) is 11.0 Å². The second-order valence-corrected chi connectivity index (χ2v) is 3.64. The van der Waals surface area contributed by atoms with Crippen molar-refractivity contribution in [3.05, 3.63) is 21.6 Å². The molecule has 0 aliphatic heterocycles. The molecule has 0 aliphatic rings. The highest BCUT2D eigenvalue weighted by Crippen LogP contribution is 2.17.